The molecule has 0 bridgehead atoms. The lowest BCUT2D eigenvalue weighted by Crippen LogP contribution is -2.54. The normalized spacial score (nSPS) is 14.3. The predicted octanol–water partition coefficient (Wildman–Crippen LogP) is 6.91. The van der Waals surface area contributed by atoms with E-state index in [0.717, 1.165) is 75.1 Å². The highest BCUT2D eigenvalue weighted by atomic mass is 16.8. The van der Waals surface area contributed by atoms with Gasteiger partial charge in [-0.1, -0.05) is 0 Å². The van der Waals surface area contributed by atoms with Gasteiger partial charge in [-0.3, -0.25) is 0 Å². The molecule has 3 aromatic rings. The average Bonchev–Trinajstić information content (AvgIpc) is 3.17. The molecule has 0 spiro atoms. The number of piperidine rings is 1. The zero-order chi connectivity index (χ0) is 39.8. The van der Waals surface area contributed by atoms with E-state index in [4.69, 9.17) is 42.6 Å². The SMILES string of the molecule is COc1ccc(C[N+](C)(CCCCOC(=O)OC(C)OC(=O)C[N+]2(Cc3ccc(OC)c(OC)c3)CCCCC2)Cc2ccc(OC)c(OC)c2)cc1OC. The molecule has 302 valence electrons. The van der Waals surface area contributed by atoms with E-state index < -0.39 is 18.4 Å². The number of unbranched alkanes of at least 4 members (excludes halogenated alkanes) is 1. The number of benzene rings is 3. The Morgan fingerprint density at radius 1 is 0.636 bits per heavy atom. The van der Waals surface area contributed by atoms with Gasteiger partial charge in [-0.2, -0.15) is 0 Å². The van der Waals surface area contributed by atoms with Crippen molar-refractivity contribution in [3.8, 4) is 34.5 Å². The van der Waals surface area contributed by atoms with E-state index in [1.807, 2.05) is 54.6 Å². The largest absolute Gasteiger partial charge is 0.511 e. The lowest BCUT2D eigenvalue weighted by atomic mass is 10.0. The lowest BCUT2D eigenvalue weighted by molar-refractivity contribution is -0.938. The molecule has 0 radical (unpaired) electrons. The highest BCUT2D eigenvalue weighted by Crippen LogP contribution is 2.33. The highest BCUT2D eigenvalue weighted by molar-refractivity contribution is 5.71. The number of carbonyl (C=O) groups excluding carboxylic acids is 2. The van der Waals surface area contributed by atoms with Crippen LogP contribution in [0.3, 0.4) is 0 Å². The van der Waals surface area contributed by atoms with Crippen LogP contribution in [0, 0.1) is 0 Å². The fourth-order valence-electron chi connectivity index (χ4n) is 7.42. The van der Waals surface area contributed by atoms with E-state index >= 15 is 0 Å². The van der Waals surface area contributed by atoms with E-state index in [-0.39, 0.29) is 13.2 Å². The Morgan fingerprint density at radius 3 is 1.60 bits per heavy atom. The highest BCUT2D eigenvalue weighted by Gasteiger charge is 2.35. The second kappa shape index (κ2) is 20.7. The summed E-state index contributed by atoms with van der Waals surface area (Å²) in [5.41, 5.74) is 3.23. The predicted molar refractivity (Wildman–Crippen MR) is 207 cm³/mol. The molecule has 0 amide bonds. The molecule has 1 heterocycles. The van der Waals surface area contributed by atoms with Gasteiger partial charge in [0.25, 0.3) is 0 Å². The molecular formula is C42H60N2O11+2. The van der Waals surface area contributed by atoms with Crippen molar-refractivity contribution in [3.05, 3.63) is 71.3 Å². The minimum absolute atomic E-state index is 0.164. The monoisotopic (exact) mass is 768 g/mol. The molecule has 0 saturated carbocycles. The first kappa shape index (κ1) is 42.9. The van der Waals surface area contributed by atoms with E-state index in [2.05, 4.69) is 7.05 Å². The number of hydrogen-bond acceptors (Lipinski definition) is 11. The molecule has 1 saturated heterocycles. The van der Waals surface area contributed by atoms with Gasteiger partial charge in [0.15, 0.2) is 41.0 Å². The van der Waals surface area contributed by atoms with Crippen molar-refractivity contribution in [1.29, 1.82) is 0 Å². The molecule has 55 heavy (non-hydrogen) atoms. The summed E-state index contributed by atoms with van der Waals surface area (Å²) in [5.74, 6) is 3.57. The van der Waals surface area contributed by atoms with Crippen molar-refractivity contribution in [2.24, 2.45) is 0 Å². The summed E-state index contributed by atoms with van der Waals surface area (Å²) < 4.78 is 50.4. The molecule has 0 N–H and O–H groups in total. The van der Waals surface area contributed by atoms with E-state index in [1.165, 1.54) is 6.92 Å². The zero-order valence-corrected chi connectivity index (χ0v) is 33.9. The molecule has 13 nitrogen and oxygen atoms in total. The van der Waals surface area contributed by atoms with E-state index in [1.54, 1.807) is 42.7 Å². The minimum Gasteiger partial charge on any atom is -0.493 e. The number of methoxy groups -OCH3 is 6. The summed E-state index contributed by atoms with van der Waals surface area (Å²) in [4.78, 5) is 25.8. The molecule has 1 aliphatic heterocycles. The number of hydrogen-bond donors (Lipinski definition) is 0. The van der Waals surface area contributed by atoms with Crippen molar-refractivity contribution in [3.63, 3.8) is 0 Å². The van der Waals surface area contributed by atoms with Crippen molar-refractivity contribution < 1.29 is 61.2 Å². The van der Waals surface area contributed by atoms with Gasteiger partial charge in [0, 0.05) is 23.6 Å². The molecule has 3 aromatic carbocycles. The third-order valence-corrected chi connectivity index (χ3v) is 10.1. The van der Waals surface area contributed by atoms with Crippen LogP contribution in [-0.4, -0.2) is 110 Å². The molecule has 1 aliphatic rings. The van der Waals surface area contributed by atoms with E-state index in [9.17, 15) is 9.59 Å². The first-order valence-electron chi connectivity index (χ1n) is 18.8. The van der Waals surface area contributed by atoms with Crippen LogP contribution in [0.4, 0.5) is 4.79 Å². The Labute approximate surface area is 326 Å². The standard InChI is InChI=1S/C42H60N2O11/c1-31(54-41(45)30-44(21-10-9-11-22-44)29-34-16-19-37(49-5)40(26-34)52-8)55-42(46)53-23-13-12-20-43(2,27-32-14-17-35(47-3)38(24-32)50-6)28-33-15-18-36(48-4)39(25-33)51-7/h14-19,24-26,31H,9-13,20-23,27-30H2,1-8H3/q+2. The first-order chi connectivity index (χ1) is 26.5. The summed E-state index contributed by atoms with van der Waals surface area (Å²) >= 11 is 0. The van der Waals surface area contributed by atoms with Crippen molar-refractivity contribution in [2.75, 3.05) is 82.5 Å². The van der Waals surface area contributed by atoms with Gasteiger partial charge in [0.05, 0.1) is 75.9 Å². The Bertz CT molecular complexity index is 1630. The van der Waals surface area contributed by atoms with Gasteiger partial charge in [0.2, 0.25) is 6.29 Å². The topological polar surface area (TPSA) is 117 Å². The number of quaternary nitrogens is 2. The van der Waals surface area contributed by atoms with Crippen molar-refractivity contribution >= 4 is 12.1 Å². The van der Waals surface area contributed by atoms with Gasteiger partial charge in [0.1, 0.15) is 19.6 Å². The molecule has 0 aromatic heterocycles. The molecule has 13 heteroatoms. The molecular weight excluding hydrogens is 708 g/mol. The van der Waals surface area contributed by atoms with Crippen molar-refractivity contribution in [1.82, 2.24) is 0 Å². The van der Waals surface area contributed by atoms with Crippen molar-refractivity contribution in [2.45, 2.75) is 65.0 Å². The maximum absolute atomic E-state index is 13.2. The Balaban J connectivity index is 1.29. The fourth-order valence-corrected chi connectivity index (χ4v) is 7.42. The summed E-state index contributed by atoms with van der Waals surface area (Å²) in [5, 5.41) is 0. The maximum atomic E-state index is 13.2. The van der Waals surface area contributed by atoms with Gasteiger partial charge >= 0.3 is 12.1 Å². The van der Waals surface area contributed by atoms with E-state index in [0.29, 0.717) is 56.4 Å². The third kappa shape index (κ3) is 12.6. The van der Waals surface area contributed by atoms with Crippen LogP contribution in [0.2, 0.25) is 0 Å². The lowest BCUT2D eigenvalue weighted by Gasteiger charge is -2.41. The molecule has 1 unspecified atom stereocenters. The van der Waals surface area contributed by atoms with Crippen LogP contribution in [-0.2, 0) is 38.6 Å². The molecule has 1 atom stereocenters. The number of likely N-dealkylation sites (tertiary alicyclic amines) is 1. The summed E-state index contributed by atoms with van der Waals surface area (Å²) in [6, 6.07) is 17.8. The first-order valence-corrected chi connectivity index (χ1v) is 18.8. The van der Waals surface area contributed by atoms with Gasteiger partial charge in [-0.05, 0) is 86.7 Å². The van der Waals surface area contributed by atoms with Crippen LogP contribution in [0.5, 0.6) is 34.5 Å². The second-order valence-electron chi connectivity index (χ2n) is 14.4. The van der Waals surface area contributed by atoms with Gasteiger partial charge < -0.3 is 51.6 Å². The average molecular weight is 769 g/mol. The quantitative estimate of drug-likeness (QED) is 0.0487. The fraction of sp³-hybridized carbons (Fsp3) is 0.524. The summed E-state index contributed by atoms with van der Waals surface area (Å²) in [6.07, 6.45) is 2.59. The maximum Gasteiger partial charge on any atom is 0.511 e. The van der Waals surface area contributed by atoms with Gasteiger partial charge in [-0.15, -0.1) is 0 Å². The van der Waals surface area contributed by atoms with Crippen LogP contribution in [0.15, 0.2) is 54.6 Å². The van der Waals surface area contributed by atoms with Crippen LogP contribution in [0.1, 0.15) is 55.7 Å². The Hall–Kier alpha value is -4.88. The Morgan fingerprint density at radius 2 is 1.11 bits per heavy atom. The minimum atomic E-state index is -1.09. The third-order valence-electron chi connectivity index (χ3n) is 10.1. The number of nitrogens with zero attached hydrogens (tertiary/aromatic N) is 2. The molecule has 0 aliphatic carbocycles. The van der Waals surface area contributed by atoms with Gasteiger partial charge in [-0.25, -0.2) is 9.59 Å². The number of esters is 1. The molecule has 4 rings (SSSR count). The second-order valence-corrected chi connectivity index (χ2v) is 14.4. The summed E-state index contributed by atoms with van der Waals surface area (Å²) in [6.45, 7) is 6.43. The number of ether oxygens (including phenoxy) is 9. The summed E-state index contributed by atoms with van der Waals surface area (Å²) in [7, 11) is 11.9. The number of rotatable bonds is 21. The smallest absolute Gasteiger partial charge is 0.493 e. The number of carbonyl (C=O) groups is 2. The van der Waals surface area contributed by atoms with Crippen LogP contribution >= 0.6 is 0 Å². The van der Waals surface area contributed by atoms with Crippen LogP contribution < -0.4 is 28.4 Å². The Kier molecular flexibility index (Phi) is 16.1. The van der Waals surface area contributed by atoms with Crippen LogP contribution in [0.25, 0.3) is 0 Å². The zero-order valence-electron chi connectivity index (χ0n) is 33.9. The molecule has 1 fully saturated rings.